The number of rotatable bonds is 6. The summed E-state index contributed by atoms with van der Waals surface area (Å²) >= 11 is 7.50. The molecule has 1 atom stereocenters. The second kappa shape index (κ2) is 6.73. The molecule has 0 aliphatic rings. The number of hydrogen-bond acceptors (Lipinski definition) is 2. The van der Waals surface area contributed by atoms with Gasteiger partial charge in [0.25, 0.3) is 0 Å². The molecule has 2 nitrogen and oxygen atoms in total. The van der Waals surface area contributed by atoms with E-state index in [-0.39, 0.29) is 5.92 Å². The molecule has 0 radical (unpaired) electrons. The molecule has 0 saturated carbocycles. The van der Waals surface area contributed by atoms with Gasteiger partial charge in [0.1, 0.15) is 0 Å². The van der Waals surface area contributed by atoms with Gasteiger partial charge in [-0.15, -0.1) is 11.3 Å². The third-order valence-electron chi connectivity index (χ3n) is 3.06. The van der Waals surface area contributed by atoms with Gasteiger partial charge in [0, 0.05) is 9.90 Å². The Bertz CT molecular complexity index is 520. The Balaban J connectivity index is 1.96. The summed E-state index contributed by atoms with van der Waals surface area (Å²) < 4.78 is 0. The summed E-state index contributed by atoms with van der Waals surface area (Å²) in [6, 6.07) is 11.4. The van der Waals surface area contributed by atoms with E-state index >= 15 is 0 Å². The van der Waals surface area contributed by atoms with Crippen molar-refractivity contribution in [2.45, 2.75) is 19.3 Å². The highest BCUT2D eigenvalue weighted by molar-refractivity contribution is 7.09. The molecule has 0 aliphatic carbocycles. The molecular formula is C15H15ClO2S. The van der Waals surface area contributed by atoms with Gasteiger partial charge in [0.05, 0.1) is 5.92 Å². The topological polar surface area (TPSA) is 37.3 Å². The molecule has 100 valence electrons. The van der Waals surface area contributed by atoms with Crippen molar-refractivity contribution < 1.29 is 9.90 Å². The molecule has 19 heavy (non-hydrogen) atoms. The predicted octanol–water partition coefficient (Wildman–Crippen LogP) is 4.28. The smallest absolute Gasteiger partial charge is 0.306 e. The summed E-state index contributed by atoms with van der Waals surface area (Å²) in [5, 5.41) is 12.0. The number of thiophene rings is 1. The highest BCUT2D eigenvalue weighted by Gasteiger charge is 2.18. The third kappa shape index (κ3) is 4.37. The number of benzene rings is 1. The largest absolute Gasteiger partial charge is 0.481 e. The van der Waals surface area contributed by atoms with E-state index in [2.05, 4.69) is 0 Å². The SMILES string of the molecule is O=C(O)C(CCc1cccs1)Cc1ccc(Cl)cc1. The van der Waals surface area contributed by atoms with E-state index in [1.165, 1.54) is 4.88 Å². The molecule has 0 aliphatic heterocycles. The maximum Gasteiger partial charge on any atom is 0.306 e. The number of carboxylic acid groups (broad SMARTS) is 1. The van der Waals surface area contributed by atoms with Crippen molar-refractivity contribution in [2.24, 2.45) is 5.92 Å². The summed E-state index contributed by atoms with van der Waals surface area (Å²) in [6.07, 6.45) is 2.04. The number of hydrogen-bond donors (Lipinski definition) is 1. The Morgan fingerprint density at radius 3 is 2.58 bits per heavy atom. The average Bonchev–Trinajstić information content (AvgIpc) is 2.89. The fourth-order valence-electron chi connectivity index (χ4n) is 1.99. The van der Waals surface area contributed by atoms with Crippen LogP contribution in [0, 0.1) is 5.92 Å². The van der Waals surface area contributed by atoms with Crippen LogP contribution in [-0.2, 0) is 17.6 Å². The van der Waals surface area contributed by atoms with Crippen LogP contribution in [0.4, 0.5) is 0 Å². The molecule has 0 bridgehead atoms. The molecule has 0 spiro atoms. The zero-order valence-corrected chi connectivity index (χ0v) is 12.0. The molecule has 1 unspecified atom stereocenters. The minimum Gasteiger partial charge on any atom is -0.481 e. The molecule has 1 N–H and O–H groups in total. The molecule has 0 fully saturated rings. The lowest BCUT2D eigenvalue weighted by Gasteiger charge is -2.11. The number of carbonyl (C=O) groups is 1. The van der Waals surface area contributed by atoms with Crippen LogP contribution in [0.2, 0.25) is 5.02 Å². The van der Waals surface area contributed by atoms with Crippen LogP contribution in [0.5, 0.6) is 0 Å². The Kier molecular flexibility index (Phi) is 5.00. The van der Waals surface area contributed by atoms with Gasteiger partial charge >= 0.3 is 5.97 Å². The Labute approximate surface area is 121 Å². The van der Waals surface area contributed by atoms with Gasteiger partial charge < -0.3 is 5.11 Å². The van der Waals surface area contributed by atoms with Crippen molar-refractivity contribution in [3.05, 3.63) is 57.2 Å². The van der Waals surface area contributed by atoms with Crippen molar-refractivity contribution in [3.8, 4) is 0 Å². The van der Waals surface area contributed by atoms with E-state index in [0.717, 1.165) is 12.0 Å². The first-order valence-electron chi connectivity index (χ1n) is 6.15. The summed E-state index contributed by atoms with van der Waals surface area (Å²) in [6.45, 7) is 0. The fourth-order valence-corrected chi connectivity index (χ4v) is 2.84. The first-order chi connectivity index (χ1) is 9.15. The van der Waals surface area contributed by atoms with E-state index in [1.807, 2.05) is 29.6 Å². The van der Waals surface area contributed by atoms with Crippen LogP contribution in [0.25, 0.3) is 0 Å². The van der Waals surface area contributed by atoms with Gasteiger partial charge in [-0.1, -0.05) is 29.8 Å². The molecule has 2 aromatic rings. The van der Waals surface area contributed by atoms with Crippen LogP contribution >= 0.6 is 22.9 Å². The zero-order chi connectivity index (χ0) is 13.7. The van der Waals surface area contributed by atoms with Crippen molar-refractivity contribution in [3.63, 3.8) is 0 Å². The van der Waals surface area contributed by atoms with Gasteiger partial charge in [0.15, 0.2) is 0 Å². The quantitative estimate of drug-likeness (QED) is 0.863. The molecule has 1 aromatic carbocycles. The van der Waals surface area contributed by atoms with Crippen LogP contribution in [0.3, 0.4) is 0 Å². The molecular weight excluding hydrogens is 280 g/mol. The van der Waals surface area contributed by atoms with Gasteiger partial charge in [-0.3, -0.25) is 4.79 Å². The third-order valence-corrected chi connectivity index (χ3v) is 4.25. The van der Waals surface area contributed by atoms with Crippen LogP contribution in [-0.4, -0.2) is 11.1 Å². The van der Waals surface area contributed by atoms with Crippen molar-refractivity contribution in [2.75, 3.05) is 0 Å². The lowest BCUT2D eigenvalue weighted by Crippen LogP contribution is -2.17. The first-order valence-corrected chi connectivity index (χ1v) is 7.40. The number of aryl methyl sites for hydroxylation is 1. The Morgan fingerprint density at radius 2 is 2.00 bits per heavy atom. The highest BCUT2D eigenvalue weighted by Crippen LogP contribution is 2.19. The minimum absolute atomic E-state index is 0.344. The van der Waals surface area contributed by atoms with Crippen molar-refractivity contribution in [1.29, 1.82) is 0 Å². The van der Waals surface area contributed by atoms with Crippen LogP contribution in [0.1, 0.15) is 16.9 Å². The van der Waals surface area contributed by atoms with E-state index in [1.54, 1.807) is 23.5 Å². The van der Waals surface area contributed by atoms with E-state index in [9.17, 15) is 9.90 Å². The Morgan fingerprint density at radius 1 is 1.26 bits per heavy atom. The first kappa shape index (κ1) is 14.1. The summed E-state index contributed by atoms with van der Waals surface area (Å²) in [7, 11) is 0. The van der Waals surface area contributed by atoms with E-state index in [4.69, 9.17) is 11.6 Å². The molecule has 2 rings (SSSR count). The van der Waals surface area contributed by atoms with Gasteiger partial charge in [0.2, 0.25) is 0 Å². The van der Waals surface area contributed by atoms with Gasteiger partial charge in [-0.2, -0.15) is 0 Å². The molecule has 1 aromatic heterocycles. The molecule has 1 heterocycles. The molecule has 0 amide bonds. The zero-order valence-electron chi connectivity index (χ0n) is 10.4. The predicted molar refractivity (Wildman–Crippen MR) is 78.9 cm³/mol. The summed E-state index contributed by atoms with van der Waals surface area (Å²) in [4.78, 5) is 12.5. The average molecular weight is 295 g/mol. The van der Waals surface area contributed by atoms with Gasteiger partial charge in [-0.25, -0.2) is 0 Å². The van der Waals surface area contributed by atoms with Crippen LogP contribution < -0.4 is 0 Å². The molecule has 0 saturated heterocycles. The number of halogens is 1. The van der Waals surface area contributed by atoms with Gasteiger partial charge in [-0.05, 0) is 48.4 Å². The summed E-state index contributed by atoms with van der Waals surface area (Å²) in [5.74, 6) is -1.07. The van der Waals surface area contributed by atoms with E-state index < -0.39 is 5.97 Å². The standard InChI is InChI=1S/C15H15ClO2S/c16-13-6-3-11(4-7-13)10-12(15(17)18)5-8-14-2-1-9-19-14/h1-4,6-7,9,12H,5,8,10H2,(H,17,18). The monoisotopic (exact) mass is 294 g/mol. The normalized spacial score (nSPS) is 12.3. The maximum atomic E-state index is 11.3. The minimum atomic E-state index is -0.730. The van der Waals surface area contributed by atoms with Crippen molar-refractivity contribution >= 4 is 28.9 Å². The van der Waals surface area contributed by atoms with E-state index in [0.29, 0.717) is 17.9 Å². The lowest BCUT2D eigenvalue weighted by atomic mass is 9.94. The highest BCUT2D eigenvalue weighted by atomic mass is 35.5. The number of aliphatic carboxylic acids is 1. The second-order valence-corrected chi connectivity index (χ2v) is 5.95. The summed E-state index contributed by atoms with van der Waals surface area (Å²) in [5.41, 5.74) is 1.02. The fraction of sp³-hybridized carbons (Fsp3) is 0.267. The number of carboxylic acids is 1. The molecule has 4 heteroatoms. The lowest BCUT2D eigenvalue weighted by molar-refractivity contribution is -0.141. The van der Waals surface area contributed by atoms with Crippen LogP contribution in [0.15, 0.2) is 41.8 Å². The van der Waals surface area contributed by atoms with Crippen molar-refractivity contribution in [1.82, 2.24) is 0 Å². The Hall–Kier alpha value is -1.32. The second-order valence-electron chi connectivity index (χ2n) is 4.48. The maximum absolute atomic E-state index is 11.3.